The number of aromatic nitrogens is 1. The zero-order valence-corrected chi connectivity index (χ0v) is 13.8. The molecule has 24 heavy (non-hydrogen) atoms. The predicted molar refractivity (Wildman–Crippen MR) is 96.5 cm³/mol. The fourth-order valence-corrected chi connectivity index (χ4v) is 2.75. The van der Waals surface area contributed by atoms with Gasteiger partial charge in [-0.3, -0.25) is 4.99 Å². The molecule has 0 saturated carbocycles. The van der Waals surface area contributed by atoms with Crippen LogP contribution in [0.1, 0.15) is 47.6 Å². The zero-order valence-electron chi connectivity index (χ0n) is 13.8. The molecule has 0 bridgehead atoms. The van der Waals surface area contributed by atoms with E-state index in [1.807, 2.05) is 24.3 Å². The maximum absolute atomic E-state index is 11.1. The van der Waals surface area contributed by atoms with Crippen LogP contribution in [0.5, 0.6) is 0 Å². The van der Waals surface area contributed by atoms with Crippen molar-refractivity contribution in [3.05, 3.63) is 76.8 Å². The minimum Gasteiger partial charge on any atom is -0.478 e. The fraction of sp³-hybridized carbons (Fsp3) is 0.200. The van der Waals surface area contributed by atoms with Crippen LogP contribution in [-0.4, -0.2) is 21.8 Å². The standard InChI is InChI=1S/C20H20N2O2/c1-3-15-9-11-17(21-15)19(18-12-10-16(4-2)22-18)13-5-7-14(8-6-13)20(23)24/h5-12,21H,3-4H2,1-2H3,(H,23,24)/b19-18+. The zero-order chi connectivity index (χ0) is 17.1. The molecule has 1 aromatic carbocycles. The van der Waals surface area contributed by atoms with Crippen molar-refractivity contribution < 1.29 is 9.90 Å². The number of hydrogen-bond donors (Lipinski definition) is 2. The van der Waals surface area contributed by atoms with Crippen molar-refractivity contribution >= 4 is 17.3 Å². The van der Waals surface area contributed by atoms with Gasteiger partial charge < -0.3 is 10.1 Å². The molecule has 0 radical (unpaired) electrons. The number of carboxylic acids is 1. The highest BCUT2D eigenvalue weighted by atomic mass is 16.4. The SMILES string of the molecule is CCC1=N/C(=C(\c2ccc(C(=O)O)cc2)c2ccc(CC)[nH]2)C=C1. The van der Waals surface area contributed by atoms with E-state index in [4.69, 9.17) is 10.1 Å². The minimum absolute atomic E-state index is 0.281. The van der Waals surface area contributed by atoms with Gasteiger partial charge in [-0.05, 0) is 54.8 Å². The van der Waals surface area contributed by atoms with Crippen molar-refractivity contribution in [2.45, 2.75) is 26.7 Å². The Morgan fingerprint density at radius 2 is 1.71 bits per heavy atom. The van der Waals surface area contributed by atoms with E-state index in [-0.39, 0.29) is 5.56 Å². The van der Waals surface area contributed by atoms with E-state index < -0.39 is 5.97 Å². The van der Waals surface area contributed by atoms with E-state index in [0.29, 0.717) is 0 Å². The number of aliphatic imine (C=N–C) groups is 1. The highest BCUT2D eigenvalue weighted by Crippen LogP contribution is 2.30. The summed E-state index contributed by atoms with van der Waals surface area (Å²) >= 11 is 0. The molecule has 1 aliphatic rings. The van der Waals surface area contributed by atoms with Crippen LogP contribution in [0.2, 0.25) is 0 Å². The average Bonchev–Trinajstić information content (AvgIpc) is 3.25. The molecular formula is C20H20N2O2. The molecule has 4 heteroatoms. The van der Waals surface area contributed by atoms with Gasteiger partial charge in [-0.25, -0.2) is 4.79 Å². The quantitative estimate of drug-likeness (QED) is 0.854. The van der Waals surface area contributed by atoms with Gasteiger partial charge in [-0.2, -0.15) is 0 Å². The van der Waals surface area contributed by atoms with Gasteiger partial charge >= 0.3 is 5.97 Å². The summed E-state index contributed by atoms with van der Waals surface area (Å²) in [5.74, 6) is -0.920. The van der Waals surface area contributed by atoms with Crippen molar-refractivity contribution in [2.24, 2.45) is 4.99 Å². The topological polar surface area (TPSA) is 65.4 Å². The molecule has 0 spiro atoms. The Kier molecular flexibility index (Phi) is 4.47. The van der Waals surface area contributed by atoms with E-state index >= 15 is 0 Å². The van der Waals surface area contributed by atoms with Gasteiger partial charge in [0.1, 0.15) is 0 Å². The molecule has 2 heterocycles. The molecular weight excluding hydrogens is 300 g/mol. The number of carboxylic acid groups (broad SMARTS) is 1. The lowest BCUT2D eigenvalue weighted by Crippen LogP contribution is -1.98. The third-order valence-corrected chi connectivity index (χ3v) is 4.13. The van der Waals surface area contributed by atoms with Crippen molar-refractivity contribution in [1.29, 1.82) is 0 Å². The van der Waals surface area contributed by atoms with Gasteiger partial charge in [0.2, 0.25) is 0 Å². The van der Waals surface area contributed by atoms with Crippen LogP contribution in [0.4, 0.5) is 0 Å². The van der Waals surface area contributed by atoms with Crippen LogP contribution in [-0.2, 0) is 6.42 Å². The van der Waals surface area contributed by atoms with Gasteiger partial charge in [0, 0.05) is 22.7 Å². The first-order chi connectivity index (χ1) is 11.6. The highest BCUT2D eigenvalue weighted by Gasteiger charge is 2.15. The van der Waals surface area contributed by atoms with Crippen LogP contribution in [0, 0.1) is 0 Å². The summed E-state index contributed by atoms with van der Waals surface area (Å²) in [4.78, 5) is 19.2. The van der Waals surface area contributed by atoms with Gasteiger partial charge in [0.15, 0.2) is 0 Å². The second kappa shape index (κ2) is 6.71. The number of nitrogens with one attached hydrogen (secondary N) is 1. The molecule has 0 unspecified atom stereocenters. The van der Waals surface area contributed by atoms with E-state index in [1.54, 1.807) is 12.1 Å². The number of aryl methyl sites for hydroxylation is 1. The number of benzene rings is 1. The summed E-state index contributed by atoms with van der Waals surface area (Å²) in [5.41, 5.74) is 6.33. The van der Waals surface area contributed by atoms with Crippen LogP contribution < -0.4 is 0 Å². The van der Waals surface area contributed by atoms with Crippen LogP contribution in [0.3, 0.4) is 0 Å². The molecule has 4 nitrogen and oxygen atoms in total. The van der Waals surface area contributed by atoms with E-state index in [0.717, 1.165) is 46.8 Å². The third-order valence-electron chi connectivity index (χ3n) is 4.13. The largest absolute Gasteiger partial charge is 0.478 e. The van der Waals surface area contributed by atoms with Crippen LogP contribution >= 0.6 is 0 Å². The molecule has 1 aromatic heterocycles. The van der Waals surface area contributed by atoms with Crippen molar-refractivity contribution in [1.82, 2.24) is 4.98 Å². The Bertz CT molecular complexity index is 852. The Morgan fingerprint density at radius 3 is 2.25 bits per heavy atom. The van der Waals surface area contributed by atoms with E-state index in [9.17, 15) is 4.79 Å². The Morgan fingerprint density at radius 1 is 1.00 bits per heavy atom. The number of carbonyl (C=O) groups is 1. The number of hydrogen-bond acceptors (Lipinski definition) is 2. The summed E-state index contributed by atoms with van der Waals surface area (Å²) in [5, 5.41) is 9.09. The van der Waals surface area contributed by atoms with Gasteiger partial charge in [-0.15, -0.1) is 0 Å². The normalized spacial score (nSPS) is 15.5. The van der Waals surface area contributed by atoms with Gasteiger partial charge in [0.25, 0.3) is 0 Å². The number of rotatable bonds is 5. The van der Waals surface area contributed by atoms with Crippen molar-refractivity contribution in [3.8, 4) is 0 Å². The summed E-state index contributed by atoms with van der Waals surface area (Å²) in [6.07, 6.45) is 5.87. The predicted octanol–water partition coefficient (Wildman–Crippen LogP) is 4.46. The number of allylic oxidation sites excluding steroid dienone is 2. The number of nitrogens with zero attached hydrogens (tertiary/aromatic N) is 1. The minimum atomic E-state index is -0.920. The Labute approximate surface area is 141 Å². The molecule has 0 fully saturated rings. The summed E-state index contributed by atoms with van der Waals surface area (Å²) in [6, 6.07) is 11.1. The number of aromatic amines is 1. The maximum atomic E-state index is 11.1. The lowest BCUT2D eigenvalue weighted by molar-refractivity contribution is 0.0697. The maximum Gasteiger partial charge on any atom is 0.335 e. The summed E-state index contributed by atoms with van der Waals surface area (Å²) < 4.78 is 0. The van der Waals surface area contributed by atoms with Crippen LogP contribution in [0.15, 0.2) is 59.2 Å². The first kappa shape index (κ1) is 16.0. The summed E-state index contributed by atoms with van der Waals surface area (Å²) in [7, 11) is 0. The Balaban J connectivity index is 2.12. The lowest BCUT2D eigenvalue weighted by Gasteiger charge is -2.09. The summed E-state index contributed by atoms with van der Waals surface area (Å²) in [6.45, 7) is 4.18. The highest BCUT2D eigenvalue weighted by molar-refractivity contribution is 6.01. The first-order valence-electron chi connectivity index (χ1n) is 8.14. The van der Waals surface area contributed by atoms with Gasteiger partial charge in [0.05, 0.1) is 11.3 Å². The molecule has 0 atom stereocenters. The second-order valence-corrected chi connectivity index (χ2v) is 5.68. The monoisotopic (exact) mass is 320 g/mol. The molecule has 0 aliphatic carbocycles. The third kappa shape index (κ3) is 3.08. The molecule has 0 amide bonds. The number of aromatic carboxylic acids is 1. The molecule has 1 aliphatic heterocycles. The number of H-pyrrole nitrogens is 1. The fourth-order valence-electron chi connectivity index (χ4n) is 2.75. The molecule has 2 N–H and O–H groups in total. The van der Waals surface area contributed by atoms with Crippen molar-refractivity contribution in [2.75, 3.05) is 0 Å². The second-order valence-electron chi connectivity index (χ2n) is 5.68. The molecule has 3 rings (SSSR count). The first-order valence-corrected chi connectivity index (χ1v) is 8.14. The van der Waals surface area contributed by atoms with Gasteiger partial charge in [-0.1, -0.05) is 26.0 Å². The van der Waals surface area contributed by atoms with E-state index in [1.165, 1.54) is 0 Å². The molecule has 122 valence electrons. The van der Waals surface area contributed by atoms with Crippen LogP contribution in [0.25, 0.3) is 5.57 Å². The smallest absolute Gasteiger partial charge is 0.335 e. The Hall–Kier alpha value is -2.88. The van der Waals surface area contributed by atoms with Crippen molar-refractivity contribution in [3.63, 3.8) is 0 Å². The lowest BCUT2D eigenvalue weighted by atomic mass is 9.99. The molecule has 2 aromatic rings. The molecule has 0 saturated heterocycles. The average molecular weight is 320 g/mol. The van der Waals surface area contributed by atoms with E-state index in [2.05, 4.69) is 31.0 Å².